The highest BCUT2D eigenvalue weighted by molar-refractivity contribution is 7.89. The van der Waals surface area contributed by atoms with Crippen molar-refractivity contribution in [2.45, 2.75) is 11.3 Å². The standard InChI is InChI=1S/C14H22N4O5S/c1-23-14-4-3-12(11-13(14)18(19)20)24(21,22)16-5-2-8-17-9-6-15-7-10-17/h3-4,11,15-16H,2,5-10H2,1H3. The largest absolute Gasteiger partial charge is 0.490 e. The summed E-state index contributed by atoms with van der Waals surface area (Å²) in [5, 5.41) is 14.3. The third kappa shape index (κ3) is 4.87. The summed E-state index contributed by atoms with van der Waals surface area (Å²) in [5.41, 5.74) is -0.374. The fraction of sp³-hybridized carbons (Fsp3) is 0.571. The number of nitrogens with one attached hydrogen (secondary N) is 2. The van der Waals surface area contributed by atoms with Gasteiger partial charge in [-0.3, -0.25) is 10.1 Å². The predicted octanol–water partition coefficient (Wildman–Crippen LogP) is 0.177. The van der Waals surface area contributed by atoms with Gasteiger partial charge in [0, 0.05) is 38.8 Å². The van der Waals surface area contributed by atoms with Gasteiger partial charge >= 0.3 is 5.69 Å². The molecule has 0 aliphatic carbocycles. The van der Waals surface area contributed by atoms with Gasteiger partial charge in [-0.1, -0.05) is 0 Å². The average Bonchev–Trinajstić information content (AvgIpc) is 2.59. The van der Waals surface area contributed by atoms with Gasteiger partial charge in [0.15, 0.2) is 5.75 Å². The van der Waals surface area contributed by atoms with E-state index in [1.165, 1.54) is 19.2 Å². The zero-order chi connectivity index (χ0) is 17.6. The van der Waals surface area contributed by atoms with Crippen molar-refractivity contribution in [3.8, 4) is 5.75 Å². The Balaban J connectivity index is 1.94. The number of nitro groups is 1. The lowest BCUT2D eigenvalue weighted by molar-refractivity contribution is -0.386. The number of rotatable bonds is 8. The predicted molar refractivity (Wildman–Crippen MR) is 88.8 cm³/mol. The van der Waals surface area contributed by atoms with Gasteiger partial charge in [-0.25, -0.2) is 13.1 Å². The Labute approximate surface area is 141 Å². The number of piperazine rings is 1. The molecule has 0 unspecified atom stereocenters. The van der Waals surface area contributed by atoms with Crippen LogP contribution in [0.4, 0.5) is 5.69 Å². The topological polar surface area (TPSA) is 114 Å². The lowest BCUT2D eigenvalue weighted by Gasteiger charge is -2.27. The highest BCUT2D eigenvalue weighted by Gasteiger charge is 2.21. The quantitative estimate of drug-likeness (QED) is 0.387. The van der Waals surface area contributed by atoms with E-state index in [1.807, 2.05) is 0 Å². The molecule has 1 aliphatic heterocycles. The van der Waals surface area contributed by atoms with Crippen LogP contribution >= 0.6 is 0 Å². The maximum absolute atomic E-state index is 12.3. The number of hydrogen-bond donors (Lipinski definition) is 2. The number of methoxy groups -OCH3 is 1. The van der Waals surface area contributed by atoms with Crippen molar-refractivity contribution >= 4 is 15.7 Å². The van der Waals surface area contributed by atoms with Crippen LogP contribution < -0.4 is 14.8 Å². The second kappa shape index (κ2) is 8.38. The van der Waals surface area contributed by atoms with Gasteiger partial charge in [0.05, 0.1) is 16.9 Å². The number of nitro benzene ring substituents is 1. The summed E-state index contributed by atoms with van der Waals surface area (Å²) in [5.74, 6) is 0.0256. The van der Waals surface area contributed by atoms with Crippen LogP contribution in [0.5, 0.6) is 5.75 Å². The Morgan fingerprint density at radius 3 is 2.71 bits per heavy atom. The van der Waals surface area contributed by atoms with Crippen molar-refractivity contribution in [3.05, 3.63) is 28.3 Å². The second-order valence-electron chi connectivity index (χ2n) is 5.43. The third-order valence-electron chi connectivity index (χ3n) is 3.81. The Hall–Kier alpha value is -1.75. The summed E-state index contributed by atoms with van der Waals surface area (Å²) >= 11 is 0. The first kappa shape index (κ1) is 18.6. The maximum atomic E-state index is 12.3. The molecule has 1 aromatic rings. The van der Waals surface area contributed by atoms with Crippen molar-refractivity contribution in [3.63, 3.8) is 0 Å². The summed E-state index contributed by atoms with van der Waals surface area (Å²) < 4.78 is 31.9. The summed E-state index contributed by atoms with van der Waals surface area (Å²) in [7, 11) is -2.49. The number of benzene rings is 1. The fourth-order valence-corrected chi connectivity index (χ4v) is 3.60. The van der Waals surface area contributed by atoms with Crippen molar-refractivity contribution in [2.75, 3.05) is 46.4 Å². The van der Waals surface area contributed by atoms with E-state index in [4.69, 9.17) is 4.74 Å². The van der Waals surface area contributed by atoms with Gasteiger partial charge in [0.1, 0.15) is 0 Å². The van der Waals surface area contributed by atoms with E-state index in [0.717, 1.165) is 38.8 Å². The second-order valence-corrected chi connectivity index (χ2v) is 7.20. The average molecular weight is 358 g/mol. The first-order chi connectivity index (χ1) is 11.4. The van der Waals surface area contributed by atoms with Crippen LogP contribution in [0.3, 0.4) is 0 Å². The highest BCUT2D eigenvalue weighted by Crippen LogP contribution is 2.29. The van der Waals surface area contributed by atoms with E-state index in [9.17, 15) is 18.5 Å². The minimum atomic E-state index is -3.79. The van der Waals surface area contributed by atoms with E-state index in [-0.39, 0.29) is 22.9 Å². The molecule has 1 saturated heterocycles. The van der Waals surface area contributed by atoms with Crippen molar-refractivity contribution in [1.82, 2.24) is 14.9 Å². The smallest absolute Gasteiger partial charge is 0.312 e. The van der Waals surface area contributed by atoms with Crippen LogP contribution in [-0.2, 0) is 10.0 Å². The Bertz CT molecular complexity index is 674. The molecule has 0 aromatic heterocycles. The molecule has 0 spiro atoms. The van der Waals surface area contributed by atoms with Crippen LogP contribution in [-0.4, -0.2) is 64.6 Å². The fourth-order valence-electron chi connectivity index (χ4n) is 2.51. The van der Waals surface area contributed by atoms with Crippen LogP contribution in [0.15, 0.2) is 23.1 Å². The van der Waals surface area contributed by atoms with Crippen LogP contribution in [0, 0.1) is 10.1 Å². The Morgan fingerprint density at radius 1 is 1.38 bits per heavy atom. The molecule has 0 saturated carbocycles. The number of sulfonamides is 1. The van der Waals surface area contributed by atoms with E-state index >= 15 is 0 Å². The molecule has 0 atom stereocenters. The maximum Gasteiger partial charge on any atom is 0.312 e. The Morgan fingerprint density at radius 2 is 2.08 bits per heavy atom. The molecule has 9 nitrogen and oxygen atoms in total. The zero-order valence-electron chi connectivity index (χ0n) is 13.5. The lowest BCUT2D eigenvalue weighted by Crippen LogP contribution is -2.44. The molecular weight excluding hydrogens is 336 g/mol. The molecule has 10 heteroatoms. The minimum absolute atomic E-state index is 0.0256. The first-order valence-corrected chi connectivity index (χ1v) is 9.17. The molecule has 24 heavy (non-hydrogen) atoms. The molecular formula is C14H22N4O5S. The van der Waals surface area contributed by atoms with E-state index < -0.39 is 14.9 Å². The van der Waals surface area contributed by atoms with Gasteiger partial charge in [-0.15, -0.1) is 0 Å². The number of ether oxygens (including phenoxy) is 1. The molecule has 0 radical (unpaired) electrons. The van der Waals surface area contributed by atoms with E-state index in [1.54, 1.807) is 0 Å². The van der Waals surface area contributed by atoms with Crippen LogP contribution in [0.2, 0.25) is 0 Å². The van der Waals surface area contributed by atoms with E-state index in [2.05, 4.69) is 14.9 Å². The molecule has 134 valence electrons. The summed E-state index contributed by atoms with van der Waals surface area (Å²) in [6.07, 6.45) is 0.678. The summed E-state index contributed by atoms with van der Waals surface area (Å²) in [6, 6.07) is 3.59. The van der Waals surface area contributed by atoms with Crippen molar-refractivity contribution in [1.29, 1.82) is 0 Å². The summed E-state index contributed by atoms with van der Waals surface area (Å²) in [6.45, 7) is 4.90. The molecule has 0 bridgehead atoms. The molecule has 2 N–H and O–H groups in total. The monoisotopic (exact) mass is 358 g/mol. The van der Waals surface area contributed by atoms with Crippen LogP contribution in [0.1, 0.15) is 6.42 Å². The normalized spacial score (nSPS) is 16.0. The Kier molecular flexibility index (Phi) is 6.49. The highest BCUT2D eigenvalue weighted by atomic mass is 32.2. The summed E-state index contributed by atoms with van der Waals surface area (Å²) in [4.78, 5) is 12.5. The lowest BCUT2D eigenvalue weighted by atomic mass is 10.3. The van der Waals surface area contributed by atoms with Gasteiger partial charge in [-0.2, -0.15) is 0 Å². The SMILES string of the molecule is COc1ccc(S(=O)(=O)NCCCN2CCNCC2)cc1[N+](=O)[O-]. The molecule has 2 rings (SSSR count). The van der Waals surface area contributed by atoms with Gasteiger partial charge in [-0.05, 0) is 25.1 Å². The third-order valence-corrected chi connectivity index (χ3v) is 5.27. The zero-order valence-corrected chi connectivity index (χ0v) is 14.3. The molecule has 1 fully saturated rings. The first-order valence-electron chi connectivity index (χ1n) is 7.69. The van der Waals surface area contributed by atoms with Gasteiger partial charge in [0.2, 0.25) is 10.0 Å². The van der Waals surface area contributed by atoms with Gasteiger partial charge < -0.3 is 15.0 Å². The number of nitrogens with zero attached hydrogens (tertiary/aromatic N) is 2. The molecule has 1 aliphatic rings. The van der Waals surface area contributed by atoms with Crippen molar-refractivity contribution < 1.29 is 18.1 Å². The molecule has 1 heterocycles. The number of hydrogen-bond acceptors (Lipinski definition) is 7. The van der Waals surface area contributed by atoms with Crippen molar-refractivity contribution in [2.24, 2.45) is 0 Å². The minimum Gasteiger partial charge on any atom is -0.490 e. The molecule has 0 amide bonds. The van der Waals surface area contributed by atoms with E-state index in [0.29, 0.717) is 6.42 Å². The van der Waals surface area contributed by atoms with Gasteiger partial charge in [0.25, 0.3) is 0 Å². The van der Waals surface area contributed by atoms with Crippen LogP contribution in [0.25, 0.3) is 0 Å². The molecule has 1 aromatic carbocycles.